The van der Waals surface area contributed by atoms with Crippen LogP contribution in [0.4, 0.5) is 10.5 Å². The Hall–Kier alpha value is -2.30. The van der Waals surface area contributed by atoms with Gasteiger partial charge in [-0.1, -0.05) is 12.5 Å². The number of hydrogen-bond acceptors (Lipinski definition) is 2. The van der Waals surface area contributed by atoms with Gasteiger partial charge in [-0.2, -0.15) is 0 Å². The summed E-state index contributed by atoms with van der Waals surface area (Å²) in [5.41, 5.74) is 8.28. The van der Waals surface area contributed by atoms with Crippen LogP contribution in [0.2, 0.25) is 0 Å². The predicted octanol–water partition coefficient (Wildman–Crippen LogP) is 2.63. The second-order valence-electron chi connectivity index (χ2n) is 4.83. The Morgan fingerprint density at radius 1 is 1.42 bits per heavy atom. The summed E-state index contributed by atoms with van der Waals surface area (Å²) in [4.78, 5) is 15.2. The molecule has 3 N–H and O–H groups in total. The normalized spacial score (nSPS) is 14.9. The number of nitrogens with zero attached hydrogens (tertiary/aromatic N) is 2. The van der Waals surface area contributed by atoms with E-state index in [0.717, 1.165) is 29.8 Å². The largest absolute Gasteiger partial charge is 0.351 e. The number of anilines is 1. The van der Waals surface area contributed by atoms with Crippen molar-refractivity contribution >= 4 is 11.7 Å². The molecule has 0 aliphatic heterocycles. The minimum absolute atomic E-state index is 0.487. The molecule has 2 amide bonds. The molecule has 19 heavy (non-hydrogen) atoms. The van der Waals surface area contributed by atoms with E-state index in [4.69, 9.17) is 5.73 Å². The van der Waals surface area contributed by atoms with Gasteiger partial charge in [0.1, 0.15) is 0 Å². The van der Waals surface area contributed by atoms with Crippen molar-refractivity contribution in [3.05, 3.63) is 42.5 Å². The van der Waals surface area contributed by atoms with Crippen molar-refractivity contribution in [2.24, 2.45) is 5.73 Å². The summed E-state index contributed by atoms with van der Waals surface area (Å²) < 4.78 is 1.97. The first-order chi connectivity index (χ1) is 9.25. The fourth-order valence-corrected chi connectivity index (χ4v) is 2.55. The van der Waals surface area contributed by atoms with Crippen molar-refractivity contribution in [1.82, 2.24) is 9.55 Å². The van der Waals surface area contributed by atoms with Crippen LogP contribution < -0.4 is 11.1 Å². The van der Waals surface area contributed by atoms with E-state index in [-0.39, 0.29) is 0 Å². The van der Waals surface area contributed by atoms with Gasteiger partial charge in [-0.15, -0.1) is 0 Å². The minimum atomic E-state index is -0.525. The second kappa shape index (κ2) is 4.76. The molecule has 1 fully saturated rings. The van der Waals surface area contributed by atoms with Crippen LogP contribution in [0.15, 0.2) is 36.9 Å². The highest BCUT2D eigenvalue weighted by atomic mass is 16.2. The molecule has 5 nitrogen and oxygen atoms in total. The summed E-state index contributed by atoms with van der Waals surface area (Å²) in [6.07, 6.45) is 8.97. The Bertz CT molecular complexity index is 587. The van der Waals surface area contributed by atoms with E-state index in [2.05, 4.69) is 10.3 Å². The topological polar surface area (TPSA) is 72.9 Å². The van der Waals surface area contributed by atoms with Crippen LogP contribution in [0.3, 0.4) is 0 Å². The van der Waals surface area contributed by atoms with Gasteiger partial charge < -0.3 is 15.6 Å². The number of urea groups is 1. The van der Waals surface area contributed by atoms with Gasteiger partial charge in [-0.05, 0) is 30.9 Å². The number of carbonyl (C=O) groups is 1. The number of primary amides is 1. The van der Waals surface area contributed by atoms with Crippen LogP contribution in [0.1, 0.15) is 30.7 Å². The lowest BCUT2D eigenvalue weighted by Crippen LogP contribution is -2.22. The molecule has 1 aliphatic rings. The minimum Gasteiger partial charge on any atom is -0.351 e. The molecule has 0 radical (unpaired) electrons. The Morgan fingerprint density at radius 3 is 2.84 bits per heavy atom. The summed E-state index contributed by atoms with van der Waals surface area (Å²) in [6.45, 7) is 0. The van der Waals surface area contributed by atoms with Gasteiger partial charge in [0.25, 0.3) is 0 Å². The van der Waals surface area contributed by atoms with Crippen molar-refractivity contribution < 1.29 is 4.79 Å². The summed E-state index contributed by atoms with van der Waals surface area (Å²) in [6, 6.07) is 5.34. The molecule has 1 saturated carbocycles. The summed E-state index contributed by atoms with van der Waals surface area (Å²) in [5, 5.41) is 2.73. The lowest BCUT2D eigenvalue weighted by Gasteiger charge is -2.30. The predicted molar refractivity (Wildman–Crippen MR) is 73.4 cm³/mol. The van der Waals surface area contributed by atoms with Crippen LogP contribution in [-0.4, -0.2) is 15.6 Å². The number of aromatic nitrogens is 2. The fourth-order valence-electron chi connectivity index (χ4n) is 2.55. The number of hydrogen-bond donors (Lipinski definition) is 2. The molecule has 1 aromatic heterocycles. The number of rotatable bonds is 3. The number of imidazole rings is 1. The Balaban J connectivity index is 2.10. The monoisotopic (exact) mass is 256 g/mol. The molecule has 1 aliphatic carbocycles. The van der Waals surface area contributed by atoms with E-state index >= 15 is 0 Å². The van der Waals surface area contributed by atoms with E-state index in [1.807, 2.05) is 29.0 Å². The zero-order valence-electron chi connectivity index (χ0n) is 10.5. The highest BCUT2D eigenvalue weighted by molar-refractivity contribution is 5.89. The summed E-state index contributed by atoms with van der Waals surface area (Å²) >= 11 is 0. The molecule has 0 saturated heterocycles. The maximum Gasteiger partial charge on any atom is 0.316 e. The highest BCUT2D eigenvalue weighted by Crippen LogP contribution is 2.42. The first-order valence-corrected chi connectivity index (χ1v) is 6.43. The average Bonchev–Trinajstić information content (AvgIpc) is 2.81. The SMILES string of the molecule is NC(=O)Nc1cccc(-n2ccnc2)c1C1CCC1. The summed E-state index contributed by atoms with van der Waals surface area (Å²) in [5.74, 6) is 0.487. The molecular formula is C14H16N4O. The molecule has 1 aromatic carbocycles. The zero-order valence-corrected chi connectivity index (χ0v) is 10.5. The van der Waals surface area contributed by atoms with Crippen LogP contribution >= 0.6 is 0 Å². The van der Waals surface area contributed by atoms with Crippen molar-refractivity contribution in [2.75, 3.05) is 5.32 Å². The van der Waals surface area contributed by atoms with Crippen molar-refractivity contribution in [3.63, 3.8) is 0 Å². The molecule has 98 valence electrons. The van der Waals surface area contributed by atoms with Crippen molar-refractivity contribution in [1.29, 1.82) is 0 Å². The molecule has 0 atom stereocenters. The number of nitrogens with one attached hydrogen (secondary N) is 1. The first-order valence-electron chi connectivity index (χ1n) is 6.43. The van der Waals surface area contributed by atoms with Crippen LogP contribution in [0, 0.1) is 0 Å². The smallest absolute Gasteiger partial charge is 0.316 e. The molecule has 2 aromatic rings. The highest BCUT2D eigenvalue weighted by Gasteiger charge is 2.25. The van der Waals surface area contributed by atoms with Gasteiger partial charge in [0.15, 0.2) is 0 Å². The average molecular weight is 256 g/mol. The number of carbonyl (C=O) groups excluding carboxylic acids is 1. The van der Waals surface area contributed by atoms with E-state index in [0.29, 0.717) is 5.92 Å². The van der Waals surface area contributed by atoms with Gasteiger partial charge in [0.2, 0.25) is 0 Å². The van der Waals surface area contributed by atoms with Gasteiger partial charge in [0, 0.05) is 23.6 Å². The van der Waals surface area contributed by atoms with Gasteiger partial charge in [0.05, 0.1) is 12.0 Å². The third-order valence-corrected chi connectivity index (χ3v) is 3.64. The van der Waals surface area contributed by atoms with Gasteiger partial charge >= 0.3 is 6.03 Å². The molecule has 1 heterocycles. The van der Waals surface area contributed by atoms with Gasteiger partial charge in [-0.25, -0.2) is 9.78 Å². The summed E-state index contributed by atoms with van der Waals surface area (Å²) in [7, 11) is 0. The third-order valence-electron chi connectivity index (χ3n) is 3.64. The molecular weight excluding hydrogens is 240 g/mol. The first kappa shape index (κ1) is 11.8. The molecule has 5 heteroatoms. The van der Waals surface area contributed by atoms with Crippen LogP contribution in [0.25, 0.3) is 5.69 Å². The maximum atomic E-state index is 11.1. The Kier molecular flexibility index (Phi) is 2.95. The van der Waals surface area contributed by atoms with E-state index in [1.54, 1.807) is 12.5 Å². The molecule has 0 spiro atoms. The number of nitrogens with two attached hydrogens (primary N) is 1. The van der Waals surface area contributed by atoms with Crippen molar-refractivity contribution in [3.8, 4) is 5.69 Å². The standard InChI is InChI=1S/C14H16N4O/c15-14(19)17-11-5-2-6-12(18-8-7-16-9-18)13(11)10-3-1-4-10/h2,5-10H,1,3-4H2,(H3,15,17,19). The second-order valence-corrected chi connectivity index (χ2v) is 4.83. The Labute approximate surface area is 111 Å². The lowest BCUT2D eigenvalue weighted by atomic mass is 9.78. The zero-order chi connectivity index (χ0) is 13.2. The van der Waals surface area contributed by atoms with E-state index < -0.39 is 6.03 Å². The van der Waals surface area contributed by atoms with Crippen molar-refractivity contribution in [2.45, 2.75) is 25.2 Å². The number of amides is 2. The number of benzene rings is 1. The van der Waals surface area contributed by atoms with E-state index in [1.165, 1.54) is 6.42 Å². The Morgan fingerprint density at radius 2 is 2.26 bits per heavy atom. The van der Waals surface area contributed by atoms with Crippen LogP contribution in [0.5, 0.6) is 0 Å². The fraction of sp³-hybridized carbons (Fsp3) is 0.286. The lowest BCUT2D eigenvalue weighted by molar-refractivity contribution is 0.259. The quantitative estimate of drug-likeness (QED) is 0.886. The molecule has 0 bridgehead atoms. The van der Waals surface area contributed by atoms with E-state index in [9.17, 15) is 4.79 Å². The van der Waals surface area contributed by atoms with Crippen LogP contribution in [-0.2, 0) is 0 Å². The maximum absolute atomic E-state index is 11.1. The molecule has 3 rings (SSSR count). The third kappa shape index (κ3) is 2.19. The molecule has 0 unspecified atom stereocenters. The van der Waals surface area contributed by atoms with Gasteiger partial charge in [-0.3, -0.25) is 0 Å².